The quantitative estimate of drug-likeness (QED) is 0.675. The second-order valence-corrected chi connectivity index (χ2v) is 7.03. The summed E-state index contributed by atoms with van der Waals surface area (Å²) >= 11 is 3.38. The van der Waals surface area contributed by atoms with Gasteiger partial charge in [0.15, 0.2) is 0 Å². The van der Waals surface area contributed by atoms with Gasteiger partial charge >= 0.3 is 0 Å². The maximum Gasteiger partial charge on any atom is 0.258 e. The zero-order chi connectivity index (χ0) is 17.2. The molecule has 0 unspecified atom stereocenters. The van der Waals surface area contributed by atoms with Crippen molar-refractivity contribution in [3.63, 3.8) is 0 Å². The fraction of sp³-hybridized carbons (Fsp3) is 0.278. The van der Waals surface area contributed by atoms with E-state index in [0.717, 1.165) is 42.2 Å². The van der Waals surface area contributed by atoms with Gasteiger partial charge in [0.25, 0.3) is 5.56 Å². The molecule has 1 aliphatic rings. The van der Waals surface area contributed by atoms with Crippen molar-refractivity contribution in [3.8, 4) is 0 Å². The number of halogens is 1. The minimum atomic E-state index is -0.0478. The molecular formula is C18H18BrN5O. The van der Waals surface area contributed by atoms with E-state index in [9.17, 15) is 4.79 Å². The smallest absolute Gasteiger partial charge is 0.258 e. The van der Waals surface area contributed by atoms with Crippen molar-refractivity contribution in [2.24, 2.45) is 0 Å². The Morgan fingerprint density at radius 3 is 2.68 bits per heavy atom. The SMILES string of the molecule is O=c1cc(CN2CCN(c3ccccn3)CC2)nc2ccc(Br)cn12. The average molecular weight is 400 g/mol. The third-order valence-electron chi connectivity index (χ3n) is 4.41. The molecule has 0 amide bonds. The first-order valence-corrected chi connectivity index (χ1v) is 9.04. The maximum absolute atomic E-state index is 12.3. The van der Waals surface area contributed by atoms with Crippen LogP contribution in [-0.4, -0.2) is 45.4 Å². The lowest BCUT2D eigenvalue weighted by Crippen LogP contribution is -2.46. The molecule has 128 valence electrons. The summed E-state index contributed by atoms with van der Waals surface area (Å²) in [5.41, 5.74) is 1.45. The third kappa shape index (κ3) is 3.57. The van der Waals surface area contributed by atoms with E-state index in [-0.39, 0.29) is 5.56 Å². The Kier molecular flexibility index (Phi) is 4.50. The van der Waals surface area contributed by atoms with Gasteiger partial charge in [0.05, 0.1) is 5.69 Å². The van der Waals surface area contributed by atoms with E-state index < -0.39 is 0 Å². The highest BCUT2D eigenvalue weighted by Gasteiger charge is 2.18. The summed E-state index contributed by atoms with van der Waals surface area (Å²) in [7, 11) is 0. The van der Waals surface area contributed by atoms with Gasteiger partial charge in [-0.1, -0.05) is 6.07 Å². The molecule has 4 rings (SSSR count). The average Bonchev–Trinajstić information content (AvgIpc) is 2.64. The van der Waals surface area contributed by atoms with Crippen molar-refractivity contribution in [2.75, 3.05) is 31.1 Å². The van der Waals surface area contributed by atoms with E-state index >= 15 is 0 Å². The molecule has 25 heavy (non-hydrogen) atoms. The molecule has 0 aromatic carbocycles. The topological polar surface area (TPSA) is 53.7 Å². The molecule has 3 aromatic heterocycles. The van der Waals surface area contributed by atoms with E-state index in [1.165, 1.54) is 0 Å². The second kappa shape index (κ2) is 6.93. The normalized spacial score (nSPS) is 15.6. The van der Waals surface area contributed by atoms with Crippen molar-refractivity contribution < 1.29 is 0 Å². The molecule has 1 fully saturated rings. The summed E-state index contributed by atoms with van der Waals surface area (Å²) in [5, 5.41) is 0. The van der Waals surface area contributed by atoms with Crippen LogP contribution in [-0.2, 0) is 6.54 Å². The number of hydrogen-bond donors (Lipinski definition) is 0. The van der Waals surface area contributed by atoms with Crippen molar-refractivity contribution >= 4 is 27.4 Å². The Labute approximate surface area is 153 Å². The number of aromatic nitrogens is 3. The van der Waals surface area contributed by atoms with Gasteiger partial charge in [-0.2, -0.15) is 0 Å². The van der Waals surface area contributed by atoms with Crippen LogP contribution in [0.1, 0.15) is 5.69 Å². The zero-order valence-corrected chi connectivity index (χ0v) is 15.3. The first kappa shape index (κ1) is 16.2. The maximum atomic E-state index is 12.3. The van der Waals surface area contributed by atoms with E-state index in [1.807, 2.05) is 36.5 Å². The molecule has 7 heteroatoms. The van der Waals surface area contributed by atoms with E-state index in [0.29, 0.717) is 12.2 Å². The van der Waals surface area contributed by atoms with Gasteiger partial charge in [0.2, 0.25) is 0 Å². The van der Waals surface area contributed by atoms with Crippen LogP contribution >= 0.6 is 15.9 Å². The van der Waals surface area contributed by atoms with Gasteiger partial charge in [-0.05, 0) is 40.2 Å². The van der Waals surface area contributed by atoms with Gasteiger partial charge in [-0.15, -0.1) is 0 Å². The Morgan fingerprint density at radius 2 is 1.92 bits per heavy atom. The molecule has 6 nitrogen and oxygen atoms in total. The predicted octanol–water partition coefficient (Wildman–Crippen LogP) is 2.17. The number of fused-ring (bicyclic) bond motifs is 1. The lowest BCUT2D eigenvalue weighted by atomic mass is 10.2. The largest absolute Gasteiger partial charge is 0.354 e. The standard InChI is InChI=1S/C18H18BrN5O/c19-14-4-5-17-21-15(11-18(25)24(17)12-14)13-22-7-9-23(10-8-22)16-3-1-2-6-20-16/h1-6,11-12H,7-10,13H2. The molecule has 1 aliphatic heterocycles. The van der Waals surface area contributed by atoms with Crippen LogP contribution in [0.4, 0.5) is 5.82 Å². The molecule has 0 saturated carbocycles. The van der Waals surface area contributed by atoms with E-state index in [2.05, 4.69) is 35.7 Å². The van der Waals surface area contributed by atoms with Gasteiger partial charge in [0.1, 0.15) is 11.5 Å². The molecule has 0 spiro atoms. The van der Waals surface area contributed by atoms with Crippen molar-refractivity contribution in [1.29, 1.82) is 0 Å². The van der Waals surface area contributed by atoms with Crippen LogP contribution in [0.3, 0.4) is 0 Å². The van der Waals surface area contributed by atoms with Crippen LogP contribution in [0.15, 0.2) is 58.1 Å². The minimum absolute atomic E-state index is 0.0478. The molecule has 0 bridgehead atoms. The number of pyridine rings is 2. The molecule has 1 saturated heterocycles. The molecule has 0 N–H and O–H groups in total. The molecule has 3 aromatic rings. The van der Waals surface area contributed by atoms with Gasteiger partial charge < -0.3 is 4.90 Å². The summed E-state index contributed by atoms with van der Waals surface area (Å²) in [5.74, 6) is 1.02. The van der Waals surface area contributed by atoms with Gasteiger partial charge in [-0.3, -0.25) is 14.1 Å². The van der Waals surface area contributed by atoms with Crippen molar-refractivity contribution in [2.45, 2.75) is 6.54 Å². The van der Waals surface area contributed by atoms with E-state index in [4.69, 9.17) is 0 Å². The molecule has 0 atom stereocenters. The monoisotopic (exact) mass is 399 g/mol. The first-order chi connectivity index (χ1) is 12.2. The molecular weight excluding hydrogens is 382 g/mol. The van der Waals surface area contributed by atoms with Crippen LogP contribution in [0, 0.1) is 0 Å². The van der Waals surface area contributed by atoms with Gasteiger partial charge in [0, 0.05) is 55.7 Å². The third-order valence-corrected chi connectivity index (χ3v) is 4.88. The highest BCUT2D eigenvalue weighted by molar-refractivity contribution is 9.10. The minimum Gasteiger partial charge on any atom is -0.354 e. The number of anilines is 1. The Bertz CT molecular complexity index is 935. The van der Waals surface area contributed by atoms with Crippen molar-refractivity contribution in [3.05, 3.63) is 69.3 Å². The Hall–Kier alpha value is -2.25. The highest BCUT2D eigenvalue weighted by Crippen LogP contribution is 2.14. The summed E-state index contributed by atoms with van der Waals surface area (Å²) in [4.78, 5) is 26.0. The number of rotatable bonds is 3. The van der Waals surface area contributed by atoms with Crippen LogP contribution in [0.2, 0.25) is 0 Å². The number of nitrogens with zero attached hydrogens (tertiary/aromatic N) is 5. The lowest BCUT2D eigenvalue weighted by Gasteiger charge is -2.35. The molecule has 0 radical (unpaired) electrons. The van der Waals surface area contributed by atoms with Crippen molar-refractivity contribution in [1.82, 2.24) is 19.3 Å². The molecule has 0 aliphatic carbocycles. The summed E-state index contributed by atoms with van der Waals surface area (Å²) in [6.45, 7) is 4.40. The van der Waals surface area contributed by atoms with Crippen LogP contribution < -0.4 is 10.5 Å². The second-order valence-electron chi connectivity index (χ2n) is 6.11. The Balaban J connectivity index is 1.46. The first-order valence-electron chi connectivity index (χ1n) is 8.25. The fourth-order valence-corrected chi connectivity index (χ4v) is 3.45. The molecule has 4 heterocycles. The zero-order valence-electron chi connectivity index (χ0n) is 13.7. The van der Waals surface area contributed by atoms with E-state index in [1.54, 1.807) is 16.7 Å². The van der Waals surface area contributed by atoms with Crippen LogP contribution in [0.5, 0.6) is 0 Å². The number of piperazine rings is 1. The predicted molar refractivity (Wildman–Crippen MR) is 101 cm³/mol. The fourth-order valence-electron chi connectivity index (χ4n) is 3.11. The Morgan fingerprint density at radius 1 is 1.08 bits per heavy atom. The number of hydrogen-bond acceptors (Lipinski definition) is 5. The summed E-state index contributed by atoms with van der Waals surface area (Å²) in [6.07, 6.45) is 3.58. The highest BCUT2D eigenvalue weighted by atomic mass is 79.9. The summed E-state index contributed by atoms with van der Waals surface area (Å²) < 4.78 is 2.43. The lowest BCUT2D eigenvalue weighted by molar-refractivity contribution is 0.246. The summed E-state index contributed by atoms with van der Waals surface area (Å²) in [6, 6.07) is 11.4. The van der Waals surface area contributed by atoms with Gasteiger partial charge in [-0.25, -0.2) is 9.97 Å². The van der Waals surface area contributed by atoms with Crippen LogP contribution in [0.25, 0.3) is 5.65 Å².